The molecule has 1 heterocycles. The van der Waals surface area contributed by atoms with Crippen LogP contribution in [0.5, 0.6) is 0 Å². The number of hydrogen-bond acceptors (Lipinski definition) is 5. The van der Waals surface area contributed by atoms with E-state index in [1.165, 1.54) is 19.3 Å². The van der Waals surface area contributed by atoms with Crippen molar-refractivity contribution in [1.29, 1.82) is 5.41 Å². The van der Waals surface area contributed by atoms with Crippen LogP contribution in [0.15, 0.2) is 54.7 Å². The van der Waals surface area contributed by atoms with E-state index < -0.39 is 35.1 Å². The molecule has 10 heteroatoms. The van der Waals surface area contributed by atoms with Gasteiger partial charge in [0.2, 0.25) is 17.7 Å². The second-order valence-electron chi connectivity index (χ2n) is 13.3. The number of Topliss-reactive ketones (excluding diaryl/α,β-unsaturated/α-hetero) is 1. The van der Waals surface area contributed by atoms with E-state index in [-0.39, 0.29) is 31.7 Å². The summed E-state index contributed by atoms with van der Waals surface area (Å²) >= 11 is 5.99. The van der Waals surface area contributed by atoms with Crippen LogP contribution in [-0.2, 0) is 32.1 Å². The van der Waals surface area contributed by atoms with Crippen molar-refractivity contribution >= 4 is 52.2 Å². The number of aromatic nitrogens is 1. The van der Waals surface area contributed by atoms with E-state index in [1.54, 1.807) is 24.3 Å². The van der Waals surface area contributed by atoms with Gasteiger partial charge in [-0.1, -0.05) is 41.9 Å². The fourth-order valence-electron chi connectivity index (χ4n) is 8.24. The smallest absolute Gasteiger partial charge is 0.243 e. The Morgan fingerprint density at radius 1 is 0.911 bits per heavy atom. The van der Waals surface area contributed by atoms with Gasteiger partial charge in [-0.25, -0.2) is 0 Å². The first-order valence-corrected chi connectivity index (χ1v) is 16.3. The number of rotatable bonds is 13. The van der Waals surface area contributed by atoms with Gasteiger partial charge in [0.1, 0.15) is 12.1 Å². The molecule has 3 aromatic rings. The van der Waals surface area contributed by atoms with Crippen LogP contribution >= 0.6 is 11.6 Å². The fraction of sp³-hybridized carbons (Fsp3) is 0.457. The van der Waals surface area contributed by atoms with Crippen molar-refractivity contribution in [2.75, 3.05) is 0 Å². The largest absolute Gasteiger partial charge is 0.361 e. The third-order valence-electron chi connectivity index (χ3n) is 10.1. The van der Waals surface area contributed by atoms with Crippen LogP contribution in [0.1, 0.15) is 62.5 Å². The van der Waals surface area contributed by atoms with Crippen molar-refractivity contribution in [3.05, 3.63) is 70.9 Å². The average Bonchev–Trinajstić information content (AvgIpc) is 3.44. The maximum atomic E-state index is 14.1. The first kappa shape index (κ1) is 31.0. The van der Waals surface area contributed by atoms with Gasteiger partial charge in [0.15, 0.2) is 5.78 Å². The molecule has 7 rings (SSSR count). The molecule has 0 radical (unpaired) electrons. The summed E-state index contributed by atoms with van der Waals surface area (Å²) in [5, 5.41) is 17.7. The number of benzene rings is 2. The van der Waals surface area contributed by atoms with Gasteiger partial charge in [-0.05, 0) is 92.0 Å². The topological polar surface area (TPSA) is 144 Å². The Labute approximate surface area is 267 Å². The maximum absolute atomic E-state index is 14.1. The first-order valence-electron chi connectivity index (χ1n) is 15.9. The van der Waals surface area contributed by atoms with Gasteiger partial charge in [0.05, 0.1) is 6.21 Å². The summed E-state index contributed by atoms with van der Waals surface area (Å²) in [5.41, 5.74) is 2.20. The Morgan fingerprint density at radius 2 is 1.58 bits per heavy atom. The number of halogens is 1. The van der Waals surface area contributed by atoms with Crippen LogP contribution in [0.2, 0.25) is 5.02 Å². The van der Waals surface area contributed by atoms with Crippen LogP contribution in [0.4, 0.5) is 0 Å². The predicted octanol–water partition coefficient (Wildman–Crippen LogP) is 4.87. The van der Waals surface area contributed by atoms with Crippen LogP contribution in [0, 0.1) is 28.6 Å². The van der Waals surface area contributed by atoms with Crippen molar-refractivity contribution in [3.8, 4) is 0 Å². The summed E-state index contributed by atoms with van der Waals surface area (Å²) in [6, 6.07) is 12.9. The lowest BCUT2D eigenvalue weighted by molar-refractivity contribution is -0.148. The van der Waals surface area contributed by atoms with Gasteiger partial charge >= 0.3 is 0 Å². The third kappa shape index (κ3) is 6.98. The minimum absolute atomic E-state index is 0.0230. The number of H-pyrrole nitrogens is 1. The lowest BCUT2D eigenvalue weighted by atomic mass is 9.49. The number of ketones is 1. The highest BCUT2D eigenvalue weighted by molar-refractivity contribution is 6.30. The number of fused-ring (bicyclic) bond motifs is 1. The molecule has 0 spiro atoms. The molecular formula is C35H40ClN5O4. The van der Waals surface area contributed by atoms with Crippen LogP contribution in [0.25, 0.3) is 10.9 Å². The van der Waals surface area contributed by atoms with Gasteiger partial charge < -0.3 is 26.3 Å². The van der Waals surface area contributed by atoms with E-state index in [2.05, 4.69) is 20.9 Å². The Morgan fingerprint density at radius 3 is 2.24 bits per heavy atom. The molecule has 9 nitrogen and oxygen atoms in total. The highest BCUT2D eigenvalue weighted by Gasteiger charge is 2.55. The lowest BCUT2D eigenvalue weighted by Crippen LogP contribution is -2.59. The van der Waals surface area contributed by atoms with Crippen molar-refractivity contribution < 1.29 is 19.2 Å². The Balaban J connectivity index is 1.22. The highest BCUT2D eigenvalue weighted by atomic mass is 35.5. The molecule has 4 aliphatic rings. The molecule has 45 heavy (non-hydrogen) atoms. The summed E-state index contributed by atoms with van der Waals surface area (Å²) in [5.74, 6) is 0.283. The standard InChI is InChI=1S/C35H40ClN5O4/c36-26-7-5-21(6-8-26)19-39-32(43)30(10-9-27(42)18-37)40-33(44)31(14-25-20-38-29-4-2-1-3-28(25)29)41-34(45)35-15-22-11-23(16-35)13-24(12-22)17-35/h1-8,18,20,22-24,30-31,37-38H,9-17,19H2,(H,39,43)(H,40,44)(H,41,45)/t22?,23?,24?,30-,31-,35?/m0/s1. The van der Waals surface area contributed by atoms with Crippen molar-refractivity contribution in [3.63, 3.8) is 0 Å². The minimum atomic E-state index is -1.03. The van der Waals surface area contributed by atoms with E-state index >= 15 is 0 Å². The number of aromatic amines is 1. The van der Waals surface area contributed by atoms with Crippen molar-refractivity contribution in [2.24, 2.45) is 23.2 Å². The van der Waals surface area contributed by atoms with Gasteiger partial charge in [0, 0.05) is 46.9 Å². The zero-order valence-corrected chi connectivity index (χ0v) is 26.0. The molecule has 4 aliphatic carbocycles. The molecule has 0 unspecified atom stereocenters. The molecule has 2 atom stereocenters. The second-order valence-corrected chi connectivity index (χ2v) is 13.8. The number of hydrogen-bond donors (Lipinski definition) is 5. The molecule has 236 valence electrons. The average molecular weight is 630 g/mol. The summed E-state index contributed by atoms with van der Waals surface area (Å²) in [6.45, 7) is 0.211. The molecule has 2 aromatic carbocycles. The zero-order valence-electron chi connectivity index (χ0n) is 25.2. The molecule has 0 saturated heterocycles. The number of carbonyl (C=O) groups is 4. The molecule has 5 N–H and O–H groups in total. The normalized spacial score (nSPS) is 24.5. The van der Waals surface area contributed by atoms with Crippen LogP contribution in [0.3, 0.4) is 0 Å². The van der Waals surface area contributed by atoms with Crippen LogP contribution < -0.4 is 16.0 Å². The first-order chi connectivity index (χ1) is 21.7. The molecular weight excluding hydrogens is 590 g/mol. The van der Waals surface area contributed by atoms with E-state index in [0.717, 1.165) is 47.5 Å². The summed E-state index contributed by atoms with van der Waals surface area (Å²) in [6.07, 6.45) is 8.98. The Kier molecular flexibility index (Phi) is 9.08. The number of para-hydroxylation sites is 1. The van der Waals surface area contributed by atoms with Crippen molar-refractivity contribution in [1.82, 2.24) is 20.9 Å². The number of carbonyl (C=O) groups excluding carboxylic acids is 4. The summed E-state index contributed by atoms with van der Waals surface area (Å²) < 4.78 is 0. The Bertz CT molecular complexity index is 1560. The fourth-order valence-corrected chi connectivity index (χ4v) is 8.37. The monoisotopic (exact) mass is 629 g/mol. The molecule has 4 fully saturated rings. The lowest BCUT2D eigenvalue weighted by Gasteiger charge is -2.55. The maximum Gasteiger partial charge on any atom is 0.243 e. The molecule has 4 saturated carbocycles. The van der Waals surface area contributed by atoms with Crippen molar-refractivity contribution in [2.45, 2.75) is 76.4 Å². The summed E-state index contributed by atoms with van der Waals surface area (Å²) in [4.78, 5) is 56.8. The van der Waals surface area contributed by atoms with Gasteiger partial charge in [-0.15, -0.1) is 0 Å². The van der Waals surface area contributed by atoms with E-state index in [9.17, 15) is 19.2 Å². The molecule has 1 aromatic heterocycles. The SMILES string of the molecule is N=CC(=O)CC[C@H](NC(=O)[C@H](Cc1c[nH]c2ccccc12)NC(=O)C12CC3CC(CC(C3)C1)C2)C(=O)NCc1ccc(Cl)cc1. The molecule has 3 amide bonds. The number of amides is 3. The van der Waals surface area contributed by atoms with E-state index in [1.807, 2.05) is 30.5 Å². The Hall–Kier alpha value is -3.98. The molecule has 0 aliphatic heterocycles. The minimum Gasteiger partial charge on any atom is -0.361 e. The zero-order chi connectivity index (χ0) is 31.6. The third-order valence-corrected chi connectivity index (χ3v) is 10.3. The van der Waals surface area contributed by atoms with E-state index in [0.29, 0.717) is 22.8 Å². The highest BCUT2D eigenvalue weighted by Crippen LogP contribution is 2.60. The summed E-state index contributed by atoms with van der Waals surface area (Å²) in [7, 11) is 0. The molecule has 4 bridgehead atoms. The van der Waals surface area contributed by atoms with Gasteiger partial charge in [-0.2, -0.15) is 0 Å². The second kappa shape index (κ2) is 13.2. The van der Waals surface area contributed by atoms with E-state index in [4.69, 9.17) is 17.0 Å². The predicted molar refractivity (Wildman–Crippen MR) is 173 cm³/mol. The van der Waals surface area contributed by atoms with Gasteiger partial charge in [0.25, 0.3) is 0 Å². The van der Waals surface area contributed by atoms with Crippen LogP contribution in [-0.4, -0.2) is 46.8 Å². The van der Waals surface area contributed by atoms with Gasteiger partial charge in [-0.3, -0.25) is 19.2 Å². The number of nitrogens with one attached hydrogen (secondary N) is 5. The quantitative estimate of drug-likeness (QED) is 0.172.